The lowest BCUT2D eigenvalue weighted by molar-refractivity contribution is -0.132. The van der Waals surface area contributed by atoms with Crippen LogP contribution in [0.5, 0.6) is 0 Å². The van der Waals surface area contributed by atoms with Crippen LogP contribution >= 0.6 is 12.4 Å². The third kappa shape index (κ3) is 4.28. The molecule has 0 spiro atoms. The minimum atomic E-state index is 0. The Morgan fingerprint density at radius 2 is 2.06 bits per heavy atom. The Hall–Kier alpha value is -0.320. The summed E-state index contributed by atoms with van der Waals surface area (Å²) in [7, 11) is 0. The Labute approximate surface area is 105 Å². The predicted molar refractivity (Wildman–Crippen MR) is 69.1 cm³/mol. The van der Waals surface area contributed by atoms with Gasteiger partial charge in [0.25, 0.3) is 0 Å². The van der Waals surface area contributed by atoms with E-state index in [9.17, 15) is 4.79 Å². The van der Waals surface area contributed by atoms with Gasteiger partial charge in [-0.05, 0) is 20.8 Å². The molecule has 5 heteroatoms. The summed E-state index contributed by atoms with van der Waals surface area (Å²) in [5, 5.41) is 3.33. The zero-order valence-electron chi connectivity index (χ0n) is 10.5. The van der Waals surface area contributed by atoms with Gasteiger partial charge in [0.15, 0.2) is 0 Å². The topological polar surface area (TPSA) is 35.6 Å². The zero-order valence-corrected chi connectivity index (χ0v) is 11.3. The first kappa shape index (κ1) is 15.7. The summed E-state index contributed by atoms with van der Waals surface area (Å²) in [4.78, 5) is 16.0. The van der Waals surface area contributed by atoms with Crippen LogP contribution in [-0.4, -0.2) is 61.0 Å². The van der Waals surface area contributed by atoms with E-state index in [2.05, 4.69) is 17.1 Å². The minimum Gasteiger partial charge on any atom is -0.342 e. The first-order valence-electron chi connectivity index (χ1n) is 5.91. The number of rotatable bonds is 4. The Morgan fingerprint density at radius 3 is 2.56 bits per heavy atom. The molecule has 1 rings (SSSR count). The fourth-order valence-electron chi connectivity index (χ4n) is 1.97. The highest BCUT2D eigenvalue weighted by Crippen LogP contribution is 2.03. The van der Waals surface area contributed by atoms with Crippen LogP contribution in [0.25, 0.3) is 0 Å². The highest BCUT2D eigenvalue weighted by atomic mass is 35.5. The van der Waals surface area contributed by atoms with Gasteiger partial charge >= 0.3 is 0 Å². The number of carbonyl (C=O) groups excluding carboxylic acids is 1. The molecule has 0 radical (unpaired) electrons. The van der Waals surface area contributed by atoms with Crippen LogP contribution in [0.3, 0.4) is 0 Å². The molecule has 1 N–H and O–H groups in total. The van der Waals surface area contributed by atoms with E-state index in [4.69, 9.17) is 0 Å². The quantitative estimate of drug-likeness (QED) is 0.792. The van der Waals surface area contributed by atoms with Gasteiger partial charge in [-0.1, -0.05) is 0 Å². The summed E-state index contributed by atoms with van der Waals surface area (Å²) in [6.07, 6.45) is 0. The van der Waals surface area contributed by atoms with E-state index in [-0.39, 0.29) is 18.3 Å². The number of hydrogen-bond donors (Lipinski definition) is 1. The predicted octanol–water partition coefficient (Wildman–Crippen LogP) is 0.570. The van der Waals surface area contributed by atoms with Gasteiger partial charge in [0, 0.05) is 38.8 Å². The lowest BCUT2D eigenvalue weighted by Crippen LogP contribution is -2.53. The lowest BCUT2D eigenvalue weighted by atomic mass is 10.2. The number of carbonyl (C=O) groups is 1. The van der Waals surface area contributed by atoms with Crippen molar-refractivity contribution in [3.05, 3.63) is 0 Å². The Morgan fingerprint density at radius 1 is 1.44 bits per heavy atom. The molecule has 1 atom stereocenters. The van der Waals surface area contributed by atoms with Gasteiger partial charge in [0.2, 0.25) is 5.91 Å². The summed E-state index contributed by atoms with van der Waals surface area (Å²) in [6.45, 7) is 11.4. The standard InChI is InChI=1S/C11H23N3O.ClH/c1-4-13(5-2)11(15)9-14-7-6-12-8-10(14)3;/h10,12H,4-9H2,1-3H3;1H. The third-order valence-electron chi connectivity index (χ3n) is 3.09. The first-order chi connectivity index (χ1) is 7.19. The first-order valence-corrected chi connectivity index (χ1v) is 5.91. The van der Waals surface area contributed by atoms with Crippen molar-refractivity contribution >= 4 is 18.3 Å². The van der Waals surface area contributed by atoms with Crippen LogP contribution < -0.4 is 5.32 Å². The van der Waals surface area contributed by atoms with Crippen molar-refractivity contribution < 1.29 is 4.79 Å². The van der Waals surface area contributed by atoms with Crippen molar-refractivity contribution in [2.75, 3.05) is 39.3 Å². The molecule has 1 fully saturated rings. The molecule has 0 aliphatic carbocycles. The molecular formula is C11H24ClN3O. The normalized spacial score (nSPS) is 21.3. The van der Waals surface area contributed by atoms with Gasteiger partial charge in [-0.15, -0.1) is 12.4 Å². The van der Waals surface area contributed by atoms with Crippen LogP contribution in [0.4, 0.5) is 0 Å². The molecular weight excluding hydrogens is 226 g/mol. The van der Waals surface area contributed by atoms with E-state index in [1.807, 2.05) is 18.7 Å². The average Bonchev–Trinajstić information content (AvgIpc) is 2.23. The second-order valence-corrected chi connectivity index (χ2v) is 4.09. The molecule has 1 amide bonds. The molecule has 1 unspecified atom stereocenters. The number of halogens is 1. The lowest BCUT2D eigenvalue weighted by Gasteiger charge is -2.34. The Balaban J connectivity index is 0.00000225. The Kier molecular flexibility index (Phi) is 7.72. The third-order valence-corrected chi connectivity index (χ3v) is 3.09. The summed E-state index contributed by atoms with van der Waals surface area (Å²) in [6, 6.07) is 0.471. The number of nitrogens with one attached hydrogen (secondary N) is 1. The van der Waals surface area contributed by atoms with Crippen molar-refractivity contribution in [1.29, 1.82) is 0 Å². The van der Waals surface area contributed by atoms with Gasteiger partial charge in [0.05, 0.1) is 6.54 Å². The second-order valence-electron chi connectivity index (χ2n) is 4.09. The van der Waals surface area contributed by atoms with Gasteiger partial charge in [0.1, 0.15) is 0 Å². The fourth-order valence-corrected chi connectivity index (χ4v) is 1.97. The van der Waals surface area contributed by atoms with Crippen molar-refractivity contribution in [1.82, 2.24) is 15.1 Å². The van der Waals surface area contributed by atoms with Crippen LogP contribution in [-0.2, 0) is 4.79 Å². The number of amides is 1. The van der Waals surface area contributed by atoms with Gasteiger partial charge in [-0.25, -0.2) is 0 Å². The molecule has 0 saturated carbocycles. The largest absolute Gasteiger partial charge is 0.342 e. The number of hydrogen-bond acceptors (Lipinski definition) is 3. The molecule has 0 aromatic heterocycles. The highest BCUT2D eigenvalue weighted by molar-refractivity contribution is 5.85. The maximum atomic E-state index is 11.9. The minimum absolute atomic E-state index is 0. The summed E-state index contributed by atoms with van der Waals surface area (Å²) in [5.41, 5.74) is 0. The van der Waals surface area contributed by atoms with E-state index in [0.717, 1.165) is 32.7 Å². The molecule has 1 heterocycles. The molecule has 0 aromatic rings. The van der Waals surface area contributed by atoms with E-state index in [0.29, 0.717) is 12.6 Å². The molecule has 4 nitrogen and oxygen atoms in total. The molecule has 1 aliphatic rings. The zero-order chi connectivity index (χ0) is 11.3. The maximum absolute atomic E-state index is 11.9. The molecule has 1 aliphatic heterocycles. The average molecular weight is 250 g/mol. The van der Waals surface area contributed by atoms with Crippen molar-refractivity contribution in [2.45, 2.75) is 26.8 Å². The van der Waals surface area contributed by atoms with Crippen LogP contribution in [0.2, 0.25) is 0 Å². The monoisotopic (exact) mass is 249 g/mol. The fraction of sp³-hybridized carbons (Fsp3) is 0.909. The van der Waals surface area contributed by atoms with E-state index >= 15 is 0 Å². The molecule has 16 heavy (non-hydrogen) atoms. The second kappa shape index (κ2) is 7.87. The van der Waals surface area contributed by atoms with Crippen LogP contribution in [0, 0.1) is 0 Å². The molecule has 96 valence electrons. The Bertz CT molecular complexity index is 209. The number of likely N-dealkylation sites (N-methyl/N-ethyl adjacent to an activating group) is 1. The summed E-state index contributed by atoms with van der Waals surface area (Å²) in [5.74, 6) is 0.258. The smallest absolute Gasteiger partial charge is 0.236 e. The molecule has 0 aromatic carbocycles. The van der Waals surface area contributed by atoms with Gasteiger partial charge in [-0.2, -0.15) is 0 Å². The SMILES string of the molecule is CCN(CC)C(=O)CN1CCNCC1C.Cl. The van der Waals surface area contributed by atoms with E-state index < -0.39 is 0 Å². The van der Waals surface area contributed by atoms with Gasteiger partial charge < -0.3 is 10.2 Å². The summed E-state index contributed by atoms with van der Waals surface area (Å²) >= 11 is 0. The van der Waals surface area contributed by atoms with Crippen LogP contribution in [0.1, 0.15) is 20.8 Å². The van der Waals surface area contributed by atoms with E-state index in [1.54, 1.807) is 0 Å². The van der Waals surface area contributed by atoms with Crippen molar-refractivity contribution in [3.8, 4) is 0 Å². The maximum Gasteiger partial charge on any atom is 0.236 e. The van der Waals surface area contributed by atoms with Crippen molar-refractivity contribution in [3.63, 3.8) is 0 Å². The number of piperazine rings is 1. The van der Waals surface area contributed by atoms with Gasteiger partial charge in [-0.3, -0.25) is 9.69 Å². The number of nitrogens with zero attached hydrogens (tertiary/aromatic N) is 2. The highest BCUT2D eigenvalue weighted by Gasteiger charge is 2.21. The van der Waals surface area contributed by atoms with Crippen LogP contribution in [0.15, 0.2) is 0 Å². The molecule has 1 saturated heterocycles. The van der Waals surface area contributed by atoms with E-state index in [1.165, 1.54) is 0 Å². The summed E-state index contributed by atoms with van der Waals surface area (Å²) < 4.78 is 0. The van der Waals surface area contributed by atoms with Crippen molar-refractivity contribution in [2.24, 2.45) is 0 Å². The molecule has 0 bridgehead atoms.